The Morgan fingerprint density at radius 2 is 1.72 bits per heavy atom. The van der Waals surface area contributed by atoms with Gasteiger partial charge in [0, 0.05) is 55.1 Å². The van der Waals surface area contributed by atoms with E-state index in [1.54, 1.807) is 25.3 Å². The normalized spacial score (nSPS) is 17.6. The lowest BCUT2D eigenvalue weighted by Crippen LogP contribution is -2.40. The first-order valence-corrected chi connectivity index (χ1v) is 15.5. The largest absolute Gasteiger partial charge is 0.481 e. The van der Waals surface area contributed by atoms with Gasteiger partial charge in [-0.05, 0) is 43.5 Å². The van der Waals surface area contributed by atoms with Crippen LogP contribution in [0.3, 0.4) is 0 Å². The van der Waals surface area contributed by atoms with Gasteiger partial charge in [-0.1, -0.05) is 53.5 Å². The van der Waals surface area contributed by atoms with Gasteiger partial charge in [-0.15, -0.1) is 0 Å². The number of anilines is 1. The summed E-state index contributed by atoms with van der Waals surface area (Å²) in [5.74, 6) is -1.36. The number of nitrogens with one attached hydrogen (secondary N) is 1. The van der Waals surface area contributed by atoms with Gasteiger partial charge in [-0.2, -0.15) is 0 Å². The first kappa shape index (κ1) is 31.5. The molecule has 1 aliphatic carbocycles. The maximum absolute atomic E-state index is 13.1. The highest BCUT2D eigenvalue weighted by atomic mass is 35.5. The number of likely N-dealkylation sites (tertiary alicyclic amines) is 1. The van der Waals surface area contributed by atoms with Crippen LogP contribution in [0.25, 0.3) is 22.4 Å². The molecular formula is C33H31Cl2N5O6. The fraction of sp³-hybridized carbons (Fsp3) is 0.303. The van der Waals surface area contributed by atoms with E-state index < -0.39 is 23.1 Å². The number of aryl methyl sites for hydroxylation is 2. The molecule has 0 radical (unpaired) electrons. The second-order valence-electron chi connectivity index (χ2n) is 11.6. The number of methoxy groups -OCH3 is 1. The smallest absolute Gasteiger partial charge is 0.330 e. The lowest BCUT2D eigenvalue weighted by atomic mass is 9.99. The molecule has 0 unspecified atom stereocenters. The number of nitrogens with zero attached hydrogens (tertiary/aromatic N) is 4. The number of ether oxygens (including phenoxy) is 1. The number of aliphatic carboxylic acids is 1. The fourth-order valence-electron chi connectivity index (χ4n) is 6.44. The number of hydrogen-bond acceptors (Lipinski definition) is 7. The van der Waals surface area contributed by atoms with E-state index in [9.17, 15) is 24.3 Å². The highest BCUT2D eigenvalue weighted by Crippen LogP contribution is 2.46. The van der Waals surface area contributed by atoms with Crippen molar-refractivity contribution in [1.29, 1.82) is 0 Å². The molecule has 2 atom stereocenters. The van der Waals surface area contributed by atoms with Crippen LogP contribution in [-0.2, 0) is 25.3 Å². The second kappa shape index (κ2) is 12.4. The highest BCUT2D eigenvalue weighted by molar-refractivity contribution is 6.39. The summed E-state index contributed by atoms with van der Waals surface area (Å²) < 4.78 is 7.79. The molecule has 6 rings (SSSR count). The van der Waals surface area contributed by atoms with E-state index in [2.05, 4.69) is 10.2 Å². The average molecular weight is 665 g/mol. The summed E-state index contributed by atoms with van der Waals surface area (Å²) in [4.78, 5) is 56.4. The minimum atomic E-state index is -0.765. The molecule has 46 heavy (non-hydrogen) atoms. The molecule has 1 aliphatic heterocycles. The van der Waals surface area contributed by atoms with Gasteiger partial charge >= 0.3 is 11.7 Å². The van der Waals surface area contributed by atoms with Crippen molar-refractivity contribution in [3.05, 3.63) is 96.2 Å². The van der Waals surface area contributed by atoms with E-state index in [0.717, 1.165) is 33.1 Å². The maximum Gasteiger partial charge on any atom is 0.330 e. The van der Waals surface area contributed by atoms with Gasteiger partial charge in [-0.25, -0.2) is 9.78 Å². The molecule has 2 N–H and O–H groups in total. The van der Waals surface area contributed by atoms with Gasteiger partial charge in [0.25, 0.3) is 11.5 Å². The van der Waals surface area contributed by atoms with E-state index in [1.807, 2.05) is 24.3 Å². The Kier molecular flexibility index (Phi) is 8.49. The van der Waals surface area contributed by atoms with Crippen LogP contribution in [0.2, 0.25) is 10.0 Å². The number of benzene rings is 2. The third-order valence-corrected chi connectivity index (χ3v) is 9.65. The molecule has 2 aromatic carbocycles. The molecule has 1 fully saturated rings. The molecule has 0 saturated carbocycles. The Bertz CT molecular complexity index is 2020. The number of carbonyl (C=O) groups is 2. The minimum Gasteiger partial charge on any atom is -0.481 e. The molecule has 11 nitrogen and oxygen atoms in total. The zero-order chi connectivity index (χ0) is 32.9. The van der Waals surface area contributed by atoms with Crippen LogP contribution in [0.5, 0.6) is 5.88 Å². The van der Waals surface area contributed by atoms with Crippen molar-refractivity contribution in [2.75, 3.05) is 25.5 Å². The summed E-state index contributed by atoms with van der Waals surface area (Å²) in [6, 6.07) is 12.7. The minimum absolute atomic E-state index is 0.0374. The molecular weight excluding hydrogens is 633 g/mol. The molecule has 238 valence electrons. The van der Waals surface area contributed by atoms with E-state index >= 15 is 0 Å². The van der Waals surface area contributed by atoms with Crippen LogP contribution < -0.4 is 21.3 Å². The summed E-state index contributed by atoms with van der Waals surface area (Å²) in [6.07, 6.45) is 3.45. The van der Waals surface area contributed by atoms with Crippen LogP contribution in [0, 0.1) is 5.92 Å². The number of pyridine rings is 1. The monoisotopic (exact) mass is 663 g/mol. The molecule has 0 bridgehead atoms. The van der Waals surface area contributed by atoms with E-state index in [4.69, 9.17) is 32.9 Å². The number of hydrogen-bond donors (Lipinski definition) is 2. The summed E-state index contributed by atoms with van der Waals surface area (Å²) >= 11 is 13.8. The molecule has 4 aromatic rings. The number of aromatic nitrogens is 3. The Labute approximate surface area is 274 Å². The Morgan fingerprint density at radius 3 is 2.41 bits per heavy atom. The van der Waals surface area contributed by atoms with E-state index in [1.165, 1.54) is 20.3 Å². The van der Waals surface area contributed by atoms with Gasteiger partial charge < -0.3 is 19.7 Å². The summed E-state index contributed by atoms with van der Waals surface area (Å²) in [5.41, 5.74) is 3.29. The van der Waals surface area contributed by atoms with E-state index in [0.29, 0.717) is 52.8 Å². The molecule has 2 aliphatic rings. The predicted molar refractivity (Wildman–Crippen MR) is 175 cm³/mol. The number of carbonyl (C=O) groups excluding carboxylic acids is 1. The van der Waals surface area contributed by atoms with Gasteiger partial charge in [0.15, 0.2) is 0 Å². The number of carboxylic acid groups (broad SMARTS) is 1. The second-order valence-corrected chi connectivity index (χ2v) is 12.3. The van der Waals surface area contributed by atoms with Gasteiger partial charge in [0.1, 0.15) is 5.56 Å². The SMILES string of the molecule is COc1nc(-c2cccc(-c3cccc(NC(=O)c4cn(C)c(=O)n(C)c4=O)c3Cl)c2Cl)cc2c1[C@@H](N1CC[C@H](C(=O)O)C1)CC2. The number of fused-ring (bicyclic) bond motifs is 1. The molecule has 2 aromatic heterocycles. The van der Waals surface area contributed by atoms with Crippen molar-refractivity contribution in [2.24, 2.45) is 20.0 Å². The molecule has 3 heterocycles. The quantitative estimate of drug-likeness (QED) is 0.289. The lowest BCUT2D eigenvalue weighted by Gasteiger charge is -2.25. The predicted octanol–water partition coefficient (Wildman–Crippen LogP) is 4.77. The van der Waals surface area contributed by atoms with Crippen LogP contribution in [0.15, 0.2) is 58.3 Å². The zero-order valence-corrected chi connectivity index (χ0v) is 26.9. The summed E-state index contributed by atoms with van der Waals surface area (Å²) in [6.45, 7) is 1.21. The molecule has 13 heteroatoms. The first-order valence-electron chi connectivity index (χ1n) is 14.7. The fourth-order valence-corrected chi connectivity index (χ4v) is 7.04. The Balaban J connectivity index is 1.33. The summed E-state index contributed by atoms with van der Waals surface area (Å²) in [5, 5.41) is 12.8. The first-order chi connectivity index (χ1) is 22.0. The maximum atomic E-state index is 13.1. The van der Waals surface area contributed by atoms with Crippen LogP contribution in [-0.4, -0.2) is 56.2 Å². The van der Waals surface area contributed by atoms with Crippen molar-refractivity contribution in [1.82, 2.24) is 19.0 Å². The number of amides is 1. The molecule has 1 amide bonds. The highest BCUT2D eigenvalue weighted by Gasteiger charge is 2.38. The number of carboxylic acids is 1. The standard InChI is InChI=1S/C33H31Cl2N5O6/c1-38-16-22(31(42)39(2)33(38)45)29(41)36-23-9-5-7-20(28(23)35)19-6-4-8-21(27(19)34)24-14-17-10-11-25(26(17)30(37-24)46-3)40-13-12-18(15-40)32(43)44/h4-9,14,16,18,25H,10-13,15H2,1-3H3,(H,36,41)(H,43,44)/t18-,25-/m0/s1. The number of halogens is 2. The summed E-state index contributed by atoms with van der Waals surface area (Å²) in [7, 11) is 4.33. The van der Waals surface area contributed by atoms with Gasteiger partial charge in [0.2, 0.25) is 5.88 Å². The van der Waals surface area contributed by atoms with Gasteiger partial charge in [0.05, 0.1) is 34.5 Å². The topological polar surface area (TPSA) is 136 Å². The number of rotatable bonds is 7. The van der Waals surface area contributed by atoms with Crippen molar-refractivity contribution >= 4 is 40.8 Å². The molecule has 1 saturated heterocycles. The lowest BCUT2D eigenvalue weighted by molar-refractivity contribution is -0.141. The molecule has 0 spiro atoms. The van der Waals surface area contributed by atoms with Crippen molar-refractivity contribution in [3.63, 3.8) is 0 Å². The van der Waals surface area contributed by atoms with Gasteiger partial charge in [-0.3, -0.25) is 23.9 Å². The van der Waals surface area contributed by atoms with Crippen molar-refractivity contribution in [3.8, 4) is 28.3 Å². The average Bonchev–Trinajstić information content (AvgIpc) is 3.70. The Morgan fingerprint density at radius 1 is 1.02 bits per heavy atom. The van der Waals surface area contributed by atoms with Crippen molar-refractivity contribution in [2.45, 2.75) is 25.3 Å². The van der Waals surface area contributed by atoms with Crippen molar-refractivity contribution < 1.29 is 19.4 Å². The third-order valence-electron chi connectivity index (χ3n) is 8.84. The van der Waals surface area contributed by atoms with Crippen LogP contribution >= 0.6 is 23.2 Å². The van der Waals surface area contributed by atoms with Crippen LogP contribution in [0.1, 0.15) is 40.4 Å². The van der Waals surface area contributed by atoms with E-state index in [-0.39, 0.29) is 28.2 Å². The third kappa shape index (κ3) is 5.48. The zero-order valence-electron chi connectivity index (χ0n) is 25.3. The van der Waals surface area contributed by atoms with Crippen LogP contribution in [0.4, 0.5) is 5.69 Å². The Hall–Kier alpha value is -4.45.